The molecular weight excluding hydrogens is 653 g/mol. The molecule has 1 atom stereocenters. The molecule has 246 valence electrons. The Hall–Kier alpha value is -3.85. The predicted octanol–water partition coefficient (Wildman–Crippen LogP) is 7.59. The lowest BCUT2D eigenvalue weighted by Gasteiger charge is -2.35. The van der Waals surface area contributed by atoms with Crippen molar-refractivity contribution in [3.63, 3.8) is 0 Å². The lowest BCUT2D eigenvalue weighted by Crippen LogP contribution is -2.55. The summed E-state index contributed by atoms with van der Waals surface area (Å²) in [4.78, 5) is 30.4. The molecule has 2 amide bonds. The van der Waals surface area contributed by atoms with Crippen LogP contribution in [0.1, 0.15) is 48.8 Å². The van der Waals surface area contributed by atoms with E-state index in [1.54, 1.807) is 37.3 Å². The third kappa shape index (κ3) is 8.74. The highest BCUT2D eigenvalue weighted by atomic mass is 35.5. The molecule has 0 saturated heterocycles. The Morgan fingerprint density at radius 3 is 2.15 bits per heavy atom. The number of hydrogen-bond donors (Lipinski definition) is 1. The molecule has 0 spiro atoms. The molecule has 7 nitrogen and oxygen atoms in total. The van der Waals surface area contributed by atoms with Gasteiger partial charge in [0.2, 0.25) is 11.8 Å². The molecule has 0 aromatic heterocycles. The molecule has 5 rings (SSSR count). The maximum Gasteiger partial charge on any atom is 0.264 e. The molecule has 1 aliphatic carbocycles. The Kier molecular flexibility index (Phi) is 11.6. The van der Waals surface area contributed by atoms with Crippen LogP contribution in [0, 0.1) is 6.92 Å². The molecule has 47 heavy (non-hydrogen) atoms. The van der Waals surface area contributed by atoms with Gasteiger partial charge in [0, 0.05) is 29.1 Å². The third-order valence-electron chi connectivity index (χ3n) is 8.59. The molecule has 1 aliphatic rings. The van der Waals surface area contributed by atoms with Crippen LogP contribution in [-0.4, -0.2) is 43.8 Å². The third-order valence-corrected chi connectivity index (χ3v) is 11.0. The van der Waals surface area contributed by atoms with Crippen molar-refractivity contribution in [2.24, 2.45) is 0 Å². The van der Waals surface area contributed by atoms with Crippen molar-refractivity contribution >= 4 is 50.7 Å². The smallest absolute Gasteiger partial charge is 0.264 e. The minimum absolute atomic E-state index is 0.00789. The Morgan fingerprint density at radius 2 is 1.47 bits per heavy atom. The van der Waals surface area contributed by atoms with E-state index in [9.17, 15) is 18.0 Å². The van der Waals surface area contributed by atoms with E-state index >= 15 is 0 Å². The van der Waals surface area contributed by atoms with E-state index < -0.39 is 28.5 Å². The van der Waals surface area contributed by atoms with Crippen LogP contribution < -0.4 is 9.62 Å². The molecule has 4 aromatic carbocycles. The molecule has 0 radical (unpaired) electrons. The number of carbonyl (C=O) groups excluding carboxylic acids is 2. The molecule has 1 fully saturated rings. The van der Waals surface area contributed by atoms with E-state index in [-0.39, 0.29) is 29.8 Å². The summed E-state index contributed by atoms with van der Waals surface area (Å²) in [6, 6.07) is 28.6. The Labute approximate surface area is 287 Å². The first-order chi connectivity index (χ1) is 22.6. The van der Waals surface area contributed by atoms with Crippen molar-refractivity contribution in [3.8, 4) is 0 Å². The SMILES string of the molecule is Cc1ccccc1N(CC(=O)N(Cc1ccccc1Cl)C(Cc1ccccc1)C(=O)NC1CCCCC1)S(=O)(=O)c1ccc(Cl)cc1. The van der Waals surface area contributed by atoms with Gasteiger partial charge in [0.1, 0.15) is 12.6 Å². The summed E-state index contributed by atoms with van der Waals surface area (Å²) in [7, 11) is -4.23. The second kappa shape index (κ2) is 15.8. The van der Waals surface area contributed by atoms with Crippen molar-refractivity contribution in [1.82, 2.24) is 10.2 Å². The quantitative estimate of drug-likeness (QED) is 0.166. The summed E-state index contributed by atoms with van der Waals surface area (Å²) < 4.78 is 29.6. The fourth-order valence-electron chi connectivity index (χ4n) is 6.00. The first kappa shape index (κ1) is 34.5. The fraction of sp³-hybridized carbons (Fsp3) is 0.297. The zero-order valence-corrected chi connectivity index (χ0v) is 28.6. The number of amides is 2. The second-order valence-corrected chi connectivity index (χ2v) is 14.6. The highest BCUT2D eigenvalue weighted by molar-refractivity contribution is 7.92. The van der Waals surface area contributed by atoms with Gasteiger partial charge < -0.3 is 10.2 Å². The van der Waals surface area contributed by atoms with Gasteiger partial charge in [0.25, 0.3) is 10.0 Å². The monoisotopic (exact) mass is 691 g/mol. The summed E-state index contributed by atoms with van der Waals surface area (Å²) in [6.07, 6.45) is 5.19. The molecule has 1 unspecified atom stereocenters. The predicted molar refractivity (Wildman–Crippen MR) is 188 cm³/mol. The molecule has 0 aliphatic heterocycles. The maximum atomic E-state index is 14.7. The zero-order chi connectivity index (χ0) is 33.4. The van der Waals surface area contributed by atoms with Crippen LogP contribution in [0.5, 0.6) is 0 Å². The largest absolute Gasteiger partial charge is 0.352 e. The van der Waals surface area contributed by atoms with Crippen LogP contribution in [0.4, 0.5) is 5.69 Å². The highest BCUT2D eigenvalue weighted by Gasteiger charge is 2.36. The van der Waals surface area contributed by atoms with Crippen LogP contribution in [0.25, 0.3) is 0 Å². The van der Waals surface area contributed by atoms with Crippen molar-refractivity contribution in [2.45, 2.75) is 69.0 Å². The minimum Gasteiger partial charge on any atom is -0.352 e. The minimum atomic E-state index is -4.23. The van der Waals surface area contributed by atoms with Gasteiger partial charge in [0.05, 0.1) is 10.6 Å². The highest BCUT2D eigenvalue weighted by Crippen LogP contribution is 2.29. The zero-order valence-electron chi connectivity index (χ0n) is 26.3. The summed E-state index contributed by atoms with van der Waals surface area (Å²) in [5.74, 6) is -0.811. The topological polar surface area (TPSA) is 86.8 Å². The van der Waals surface area contributed by atoms with Crippen LogP contribution in [0.3, 0.4) is 0 Å². The van der Waals surface area contributed by atoms with E-state index in [2.05, 4.69) is 5.32 Å². The van der Waals surface area contributed by atoms with Crippen LogP contribution in [0.2, 0.25) is 10.0 Å². The van der Waals surface area contributed by atoms with Gasteiger partial charge in [-0.1, -0.05) is 109 Å². The summed E-state index contributed by atoms with van der Waals surface area (Å²) in [5, 5.41) is 4.06. The number of halogens is 2. The number of aryl methyl sites for hydroxylation is 1. The number of sulfonamides is 1. The van der Waals surface area contributed by atoms with Gasteiger partial charge in [-0.15, -0.1) is 0 Å². The standard InChI is InChI=1S/C37H39Cl2N3O4S/c1-27-12-8-11-19-34(27)42(47(45,46)32-22-20-30(38)21-23-32)26-36(43)41(25-29-15-9-10-18-33(29)39)35(24-28-13-4-2-5-14-28)37(44)40-31-16-6-3-7-17-31/h2,4-5,8-15,18-23,31,35H,3,6-7,16-17,24-26H2,1H3,(H,40,44). The lowest BCUT2D eigenvalue weighted by molar-refractivity contribution is -0.140. The fourth-order valence-corrected chi connectivity index (χ4v) is 7.80. The first-order valence-electron chi connectivity index (χ1n) is 15.8. The number of anilines is 1. The van der Waals surface area contributed by atoms with E-state index in [1.165, 1.54) is 29.2 Å². The van der Waals surface area contributed by atoms with Gasteiger partial charge in [-0.2, -0.15) is 0 Å². The Balaban J connectivity index is 1.58. The molecule has 0 heterocycles. The van der Waals surface area contributed by atoms with Crippen molar-refractivity contribution in [2.75, 3.05) is 10.8 Å². The normalized spacial score (nSPS) is 14.3. The number of benzene rings is 4. The van der Waals surface area contributed by atoms with E-state index in [0.29, 0.717) is 26.9 Å². The van der Waals surface area contributed by atoms with Gasteiger partial charge in [0.15, 0.2) is 0 Å². The number of hydrogen-bond acceptors (Lipinski definition) is 4. The number of nitrogens with one attached hydrogen (secondary N) is 1. The number of rotatable bonds is 12. The lowest BCUT2D eigenvalue weighted by atomic mass is 9.94. The van der Waals surface area contributed by atoms with Crippen LogP contribution >= 0.6 is 23.2 Å². The number of carbonyl (C=O) groups is 2. The molecule has 1 saturated carbocycles. The average molecular weight is 693 g/mol. The molecule has 1 N–H and O–H groups in total. The van der Waals surface area contributed by atoms with E-state index in [0.717, 1.165) is 42.0 Å². The molecule has 0 bridgehead atoms. The Bertz CT molecular complexity index is 1780. The van der Waals surface area contributed by atoms with E-state index in [4.69, 9.17) is 23.2 Å². The van der Waals surface area contributed by atoms with Crippen molar-refractivity contribution in [1.29, 1.82) is 0 Å². The van der Waals surface area contributed by atoms with Crippen molar-refractivity contribution in [3.05, 3.63) is 130 Å². The van der Waals surface area contributed by atoms with Crippen molar-refractivity contribution < 1.29 is 18.0 Å². The van der Waals surface area contributed by atoms with Gasteiger partial charge in [-0.05, 0) is 72.9 Å². The average Bonchev–Trinajstić information content (AvgIpc) is 3.07. The molecule has 4 aromatic rings. The summed E-state index contributed by atoms with van der Waals surface area (Å²) in [5.41, 5.74) is 2.55. The second-order valence-electron chi connectivity index (χ2n) is 11.9. The number of para-hydroxylation sites is 1. The summed E-state index contributed by atoms with van der Waals surface area (Å²) in [6.45, 7) is 1.26. The Morgan fingerprint density at radius 1 is 0.830 bits per heavy atom. The molecule has 10 heteroatoms. The van der Waals surface area contributed by atoms with Crippen LogP contribution in [0.15, 0.2) is 108 Å². The maximum absolute atomic E-state index is 14.7. The molecular formula is C37H39Cl2N3O4S. The summed E-state index contributed by atoms with van der Waals surface area (Å²) >= 11 is 12.7. The van der Waals surface area contributed by atoms with Crippen LogP contribution in [-0.2, 0) is 32.6 Å². The van der Waals surface area contributed by atoms with Gasteiger partial charge in [-0.25, -0.2) is 8.42 Å². The van der Waals surface area contributed by atoms with Gasteiger partial charge >= 0.3 is 0 Å². The van der Waals surface area contributed by atoms with Gasteiger partial charge in [-0.3, -0.25) is 13.9 Å². The number of nitrogens with zero attached hydrogens (tertiary/aromatic N) is 2. The first-order valence-corrected chi connectivity index (χ1v) is 18.0. The van der Waals surface area contributed by atoms with E-state index in [1.807, 2.05) is 48.5 Å².